The first-order valence-corrected chi connectivity index (χ1v) is 14.0. The van der Waals surface area contributed by atoms with Crippen molar-refractivity contribution < 1.29 is 9.21 Å². The van der Waals surface area contributed by atoms with Gasteiger partial charge in [-0.05, 0) is 51.0 Å². The molecule has 40 heavy (non-hydrogen) atoms. The lowest BCUT2D eigenvalue weighted by atomic mass is 9.92. The fourth-order valence-electron chi connectivity index (χ4n) is 5.01. The molecule has 1 unspecified atom stereocenters. The molecule has 2 aromatic rings. The molecule has 4 heterocycles. The van der Waals surface area contributed by atoms with Crippen LogP contribution in [0.2, 0.25) is 0 Å². The van der Waals surface area contributed by atoms with E-state index in [1.807, 2.05) is 46.2 Å². The van der Waals surface area contributed by atoms with Gasteiger partial charge >= 0.3 is 0 Å². The van der Waals surface area contributed by atoms with Crippen LogP contribution in [0.5, 0.6) is 0 Å². The second kappa shape index (κ2) is 12.4. The molecule has 5 N–H and O–H groups in total. The van der Waals surface area contributed by atoms with Crippen LogP contribution in [-0.2, 0) is 5.41 Å². The van der Waals surface area contributed by atoms with E-state index in [2.05, 4.69) is 38.9 Å². The van der Waals surface area contributed by atoms with Crippen LogP contribution < -0.4 is 21.9 Å². The Balaban J connectivity index is 1.44. The van der Waals surface area contributed by atoms with Gasteiger partial charge in [-0.3, -0.25) is 24.7 Å². The quantitative estimate of drug-likeness (QED) is 0.333. The smallest absolute Gasteiger partial charge is 0.291 e. The Morgan fingerprint density at radius 3 is 2.62 bits per heavy atom. The van der Waals surface area contributed by atoms with Gasteiger partial charge in [-0.1, -0.05) is 20.8 Å². The maximum absolute atomic E-state index is 12.8. The summed E-state index contributed by atoms with van der Waals surface area (Å²) in [7, 11) is 0. The maximum atomic E-state index is 12.8. The van der Waals surface area contributed by atoms with Crippen molar-refractivity contribution in [3.05, 3.63) is 65.3 Å². The highest BCUT2D eigenvalue weighted by Gasteiger charge is 2.25. The summed E-state index contributed by atoms with van der Waals surface area (Å²) in [4.78, 5) is 26.7. The average Bonchev–Trinajstić information content (AvgIpc) is 3.42. The molecule has 1 amide bonds. The number of hydrogen-bond donors (Lipinski definition) is 3. The second-order valence-electron chi connectivity index (χ2n) is 12.0. The number of hydrazine groups is 1. The van der Waals surface area contributed by atoms with Crippen molar-refractivity contribution in [1.82, 2.24) is 14.8 Å². The van der Waals surface area contributed by atoms with Gasteiger partial charge in [-0.2, -0.15) is 0 Å². The molecule has 0 bridgehead atoms. The summed E-state index contributed by atoms with van der Waals surface area (Å²) in [6.45, 7) is 17.6. The van der Waals surface area contributed by atoms with E-state index >= 15 is 0 Å². The number of aliphatic imine (C=N–C) groups is 1. The zero-order valence-electron chi connectivity index (χ0n) is 24.6. The number of carbonyl (C=O) groups is 1. The lowest BCUT2D eigenvalue weighted by Crippen LogP contribution is -2.50. The summed E-state index contributed by atoms with van der Waals surface area (Å²) in [5.74, 6) is 7.33. The Labute approximate surface area is 237 Å². The molecule has 10 heteroatoms. The minimum Gasteiger partial charge on any atom is -0.455 e. The fraction of sp³-hybridized carbons (Fsp3) is 0.500. The molecule has 0 aromatic carbocycles. The molecule has 0 saturated carbocycles. The molecule has 2 aliphatic heterocycles. The van der Waals surface area contributed by atoms with E-state index in [9.17, 15) is 4.79 Å². The van der Waals surface area contributed by atoms with Crippen LogP contribution in [0, 0.1) is 12.8 Å². The number of nitrogens with two attached hydrogens (primary N) is 2. The Hall–Kier alpha value is -3.47. The molecule has 0 radical (unpaired) electrons. The number of furan rings is 1. The minimum absolute atomic E-state index is 0.190. The first-order chi connectivity index (χ1) is 18.9. The number of nitrogens with one attached hydrogen (secondary N) is 1. The van der Waals surface area contributed by atoms with Gasteiger partial charge in [-0.15, -0.1) is 0 Å². The summed E-state index contributed by atoms with van der Waals surface area (Å²) in [6, 6.07) is 5.85. The summed E-state index contributed by atoms with van der Waals surface area (Å²) in [5, 5.41) is 4.31. The SMILES string of the molecule is Cc1ncc(NC(=O)c2ccc(C(C)(C)C)o2)cc1N(N)/C=C(\N)C1=CN=CCC1CN1CCN(C(C)C)CC1. The predicted octanol–water partition coefficient (Wildman–Crippen LogP) is 4.01. The van der Waals surface area contributed by atoms with Crippen molar-refractivity contribution >= 4 is 23.5 Å². The predicted molar refractivity (Wildman–Crippen MR) is 161 cm³/mol. The van der Waals surface area contributed by atoms with Gasteiger partial charge in [0.1, 0.15) is 5.76 Å². The zero-order valence-corrected chi connectivity index (χ0v) is 24.6. The Morgan fingerprint density at radius 2 is 1.98 bits per heavy atom. The third-order valence-corrected chi connectivity index (χ3v) is 7.54. The summed E-state index contributed by atoms with van der Waals surface area (Å²) in [6.07, 6.45) is 7.93. The number of amides is 1. The van der Waals surface area contributed by atoms with Crippen LogP contribution in [0.4, 0.5) is 11.4 Å². The van der Waals surface area contributed by atoms with Gasteiger partial charge < -0.3 is 20.4 Å². The van der Waals surface area contributed by atoms with Gasteiger partial charge in [0.2, 0.25) is 0 Å². The summed E-state index contributed by atoms with van der Waals surface area (Å²) >= 11 is 0. The van der Waals surface area contributed by atoms with Gasteiger partial charge in [0.15, 0.2) is 5.76 Å². The number of rotatable bonds is 8. The highest BCUT2D eigenvalue weighted by atomic mass is 16.4. The molecule has 10 nitrogen and oxygen atoms in total. The van der Waals surface area contributed by atoms with E-state index in [0.29, 0.717) is 28.8 Å². The highest BCUT2D eigenvalue weighted by molar-refractivity contribution is 6.02. The van der Waals surface area contributed by atoms with E-state index in [1.165, 1.54) is 5.01 Å². The molecule has 216 valence electrons. The largest absolute Gasteiger partial charge is 0.455 e. The monoisotopic (exact) mass is 548 g/mol. The fourth-order valence-corrected chi connectivity index (χ4v) is 5.01. The van der Waals surface area contributed by atoms with E-state index in [1.54, 1.807) is 24.5 Å². The molecule has 1 atom stereocenters. The number of hydrogen-bond acceptors (Lipinski definition) is 9. The highest BCUT2D eigenvalue weighted by Crippen LogP contribution is 2.28. The van der Waals surface area contributed by atoms with Crippen LogP contribution in [0.15, 0.2) is 57.5 Å². The number of anilines is 2. The first-order valence-electron chi connectivity index (χ1n) is 14.0. The minimum atomic E-state index is -0.354. The molecular weight excluding hydrogens is 504 g/mol. The van der Waals surface area contributed by atoms with Crippen molar-refractivity contribution in [3.63, 3.8) is 0 Å². The number of pyridine rings is 1. The number of nitrogens with zero attached hydrogens (tertiary/aromatic N) is 5. The summed E-state index contributed by atoms with van der Waals surface area (Å²) < 4.78 is 5.77. The summed E-state index contributed by atoms with van der Waals surface area (Å²) in [5.41, 5.74) is 9.77. The third-order valence-electron chi connectivity index (χ3n) is 7.54. The average molecular weight is 549 g/mol. The lowest BCUT2D eigenvalue weighted by Gasteiger charge is -2.38. The molecular formula is C30H44N8O2. The standard InChI is InChI=1S/C30H44N8O2/c1-20(2)37-13-11-36(12-14-37)18-22-9-10-33-17-24(22)25(31)19-38(32)26-15-23(16-34-21(26)3)35-29(39)27-7-8-28(40-27)30(4,5)6/h7-8,10,15-17,19-20,22H,9,11-14,18,31-32H2,1-6H3,(H,35,39)/b25-19-. The van der Waals surface area contributed by atoms with E-state index in [-0.39, 0.29) is 23.0 Å². The van der Waals surface area contributed by atoms with Gasteiger partial charge in [0.05, 0.1) is 29.0 Å². The molecule has 1 fully saturated rings. The van der Waals surface area contributed by atoms with Gasteiger partial charge in [0, 0.05) is 68.7 Å². The Kier molecular flexibility index (Phi) is 9.12. The molecule has 2 aromatic heterocycles. The zero-order chi connectivity index (χ0) is 29.0. The van der Waals surface area contributed by atoms with Gasteiger partial charge in [0.25, 0.3) is 5.91 Å². The topological polar surface area (TPSA) is 129 Å². The van der Waals surface area contributed by atoms with E-state index in [0.717, 1.165) is 50.5 Å². The number of allylic oxidation sites excluding steroid dienone is 1. The van der Waals surface area contributed by atoms with Gasteiger partial charge in [-0.25, -0.2) is 5.84 Å². The van der Waals surface area contributed by atoms with Crippen LogP contribution >= 0.6 is 0 Å². The van der Waals surface area contributed by atoms with E-state index < -0.39 is 0 Å². The van der Waals surface area contributed by atoms with E-state index in [4.69, 9.17) is 16.0 Å². The molecule has 0 aliphatic carbocycles. The number of aryl methyl sites for hydroxylation is 1. The molecule has 1 saturated heterocycles. The molecule has 0 spiro atoms. The number of aromatic nitrogens is 1. The van der Waals surface area contributed by atoms with Crippen LogP contribution in [0.1, 0.15) is 63.0 Å². The van der Waals surface area contributed by atoms with Crippen LogP contribution in [0.25, 0.3) is 0 Å². The van der Waals surface area contributed by atoms with Crippen molar-refractivity contribution in [1.29, 1.82) is 0 Å². The number of piperazine rings is 1. The van der Waals surface area contributed by atoms with Crippen molar-refractivity contribution in [2.24, 2.45) is 22.5 Å². The molecule has 2 aliphatic rings. The second-order valence-corrected chi connectivity index (χ2v) is 12.0. The normalized spacial score (nSPS) is 19.1. The van der Waals surface area contributed by atoms with Crippen LogP contribution in [-0.4, -0.2) is 65.7 Å². The lowest BCUT2D eigenvalue weighted by molar-refractivity contribution is 0.0993. The van der Waals surface area contributed by atoms with Crippen molar-refractivity contribution in [2.75, 3.05) is 43.0 Å². The maximum Gasteiger partial charge on any atom is 0.291 e. The van der Waals surface area contributed by atoms with Crippen LogP contribution in [0.3, 0.4) is 0 Å². The third kappa shape index (κ3) is 7.18. The van der Waals surface area contributed by atoms with Crippen molar-refractivity contribution in [3.8, 4) is 0 Å². The Morgan fingerprint density at radius 1 is 1.25 bits per heavy atom. The van der Waals surface area contributed by atoms with Crippen molar-refractivity contribution in [2.45, 2.75) is 59.4 Å². The Bertz CT molecular complexity index is 1280. The first kappa shape index (κ1) is 29.5. The molecule has 4 rings (SSSR count). The number of carbonyl (C=O) groups excluding carboxylic acids is 1.